The second kappa shape index (κ2) is 6.07. The van der Waals surface area contributed by atoms with Crippen molar-refractivity contribution in [1.82, 2.24) is 9.55 Å². The Labute approximate surface area is 129 Å². The van der Waals surface area contributed by atoms with Crippen LogP contribution in [0, 0.1) is 0 Å². The van der Waals surface area contributed by atoms with E-state index >= 15 is 0 Å². The van der Waals surface area contributed by atoms with Gasteiger partial charge < -0.3 is 8.75 Å². The lowest BCUT2D eigenvalue weighted by atomic mass is 9.98. The van der Waals surface area contributed by atoms with Crippen LogP contribution in [0.25, 0.3) is 0 Å². The fraction of sp³-hybridized carbons (Fsp3) is 0.357. The molecule has 1 aromatic carbocycles. The van der Waals surface area contributed by atoms with Crippen molar-refractivity contribution in [1.29, 1.82) is 0 Å². The smallest absolute Gasteiger partial charge is 0.360 e. The molecule has 0 unspecified atom stereocenters. The minimum atomic E-state index is -4.05. The highest BCUT2D eigenvalue weighted by atomic mass is 35.5. The van der Waals surface area contributed by atoms with Crippen LogP contribution in [-0.4, -0.2) is 18.0 Å². The molecule has 1 aromatic heterocycles. The number of imidazole rings is 1. The minimum absolute atomic E-state index is 0.0241. The standard InChI is InChI=1S/C14H17ClN2O3S/c1-4-10(2)11-7-5-6-8-12(11)20-21(18,19)14-13(15)17(3)9-16-14/h5-10H,4H2,1-3H3/t10-/m1/s1. The van der Waals surface area contributed by atoms with Gasteiger partial charge in [0.2, 0.25) is 5.03 Å². The maximum atomic E-state index is 12.3. The summed E-state index contributed by atoms with van der Waals surface area (Å²) in [6, 6.07) is 7.08. The van der Waals surface area contributed by atoms with Crippen LogP contribution in [0.15, 0.2) is 35.6 Å². The van der Waals surface area contributed by atoms with E-state index in [1.807, 2.05) is 26.0 Å². The number of rotatable bonds is 5. The van der Waals surface area contributed by atoms with Crippen LogP contribution in [0.3, 0.4) is 0 Å². The zero-order valence-electron chi connectivity index (χ0n) is 12.1. The average Bonchev–Trinajstić information content (AvgIpc) is 2.79. The van der Waals surface area contributed by atoms with Crippen molar-refractivity contribution in [3.05, 3.63) is 41.3 Å². The van der Waals surface area contributed by atoms with Gasteiger partial charge in [0.05, 0.1) is 6.33 Å². The molecule has 0 fully saturated rings. The van der Waals surface area contributed by atoms with Crippen LogP contribution in [-0.2, 0) is 17.2 Å². The first kappa shape index (κ1) is 15.9. The molecule has 0 aliphatic rings. The summed E-state index contributed by atoms with van der Waals surface area (Å²) >= 11 is 5.93. The highest BCUT2D eigenvalue weighted by Crippen LogP contribution is 2.31. The number of hydrogen-bond acceptors (Lipinski definition) is 4. The summed E-state index contributed by atoms with van der Waals surface area (Å²) in [6.45, 7) is 4.05. The van der Waals surface area contributed by atoms with Crippen LogP contribution in [0.1, 0.15) is 31.7 Å². The molecular formula is C14H17ClN2O3S. The fourth-order valence-corrected chi connectivity index (χ4v) is 3.27. The Kier molecular flexibility index (Phi) is 4.58. The van der Waals surface area contributed by atoms with Crippen molar-refractivity contribution in [3.8, 4) is 5.75 Å². The highest BCUT2D eigenvalue weighted by Gasteiger charge is 2.26. The van der Waals surface area contributed by atoms with E-state index in [4.69, 9.17) is 15.8 Å². The molecule has 5 nitrogen and oxygen atoms in total. The number of aryl methyl sites for hydroxylation is 1. The number of para-hydroxylation sites is 1. The minimum Gasteiger partial charge on any atom is -0.378 e. The van der Waals surface area contributed by atoms with Gasteiger partial charge in [-0.2, -0.15) is 8.42 Å². The maximum absolute atomic E-state index is 12.3. The van der Waals surface area contributed by atoms with Crippen molar-refractivity contribution in [2.75, 3.05) is 0 Å². The number of hydrogen-bond donors (Lipinski definition) is 0. The molecule has 0 bridgehead atoms. The molecule has 1 atom stereocenters. The predicted octanol–water partition coefficient (Wildman–Crippen LogP) is 3.35. The Morgan fingerprint density at radius 3 is 2.62 bits per heavy atom. The van der Waals surface area contributed by atoms with Crippen LogP contribution in [0.2, 0.25) is 5.15 Å². The number of benzene rings is 1. The van der Waals surface area contributed by atoms with Gasteiger partial charge in [0.25, 0.3) is 0 Å². The summed E-state index contributed by atoms with van der Waals surface area (Å²) in [4.78, 5) is 3.80. The highest BCUT2D eigenvalue weighted by molar-refractivity contribution is 7.87. The second-order valence-corrected chi connectivity index (χ2v) is 6.66. The fourth-order valence-electron chi connectivity index (χ4n) is 1.90. The van der Waals surface area contributed by atoms with Gasteiger partial charge in [-0.15, -0.1) is 0 Å². The third-order valence-electron chi connectivity index (χ3n) is 3.33. The summed E-state index contributed by atoms with van der Waals surface area (Å²) < 4.78 is 31.3. The van der Waals surface area contributed by atoms with Crippen LogP contribution in [0.4, 0.5) is 0 Å². The van der Waals surface area contributed by atoms with E-state index in [1.54, 1.807) is 19.2 Å². The zero-order valence-corrected chi connectivity index (χ0v) is 13.6. The van der Waals surface area contributed by atoms with E-state index in [0.717, 1.165) is 12.0 Å². The lowest BCUT2D eigenvalue weighted by Crippen LogP contribution is -2.12. The van der Waals surface area contributed by atoms with Crippen LogP contribution in [0.5, 0.6) is 5.75 Å². The first-order chi connectivity index (χ1) is 9.86. The van der Waals surface area contributed by atoms with Gasteiger partial charge in [0.1, 0.15) is 5.75 Å². The largest absolute Gasteiger partial charge is 0.378 e. The normalized spacial score (nSPS) is 13.1. The Balaban J connectivity index is 2.40. The van der Waals surface area contributed by atoms with Gasteiger partial charge in [-0.05, 0) is 24.0 Å². The summed E-state index contributed by atoms with van der Waals surface area (Å²) in [5.74, 6) is 0.504. The van der Waals surface area contributed by atoms with Crippen LogP contribution < -0.4 is 4.18 Å². The molecule has 0 saturated heterocycles. The molecule has 0 aliphatic carbocycles. The molecule has 7 heteroatoms. The Bertz CT molecular complexity index is 740. The summed E-state index contributed by atoms with van der Waals surface area (Å²) in [5.41, 5.74) is 0.843. The molecular weight excluding hydrogens is 312 g/mol. The topological polar surface area (TPSA) is 61.2 Å². The predicted molar refractivity (Wildman–Crippen MR) is 81.2 cm³/mol. The molecule has 0 spiro atoms. The molecule has 0 amide bonds. The van der Waals surface area contributed by atoms with Crippen LogP contribution >= 0.6 is 11.6 Å². The van der Waals surface area contributed by atoms with E-state index < -0.39 is 10.1 Å². The molecule has 1 heterocycles. The first-order valence-corrected chi connectivity index (χ1v) is 8.35. The number of nitrogens with zero attached hydrogens (tertiary/aromatic N) is 2. The van der Waals surface area contributed by atoms with Crippen molar-refractivity contribution < 1.29 is 12.6 Å². The van der Waals surface area contributed by atoms with Crippen molar-refractivity contribution in [3.63, 3.8) is 0 Å². The van der Waals surface area contributed by atoms with Crippen molar-refractivity contribution >= 4 is 21.7 Å². The Hall–Kier alpha value is -1.53. The molecule has 114 valence electrons. The molecule has 2 rings (SSSR count). The monoisotopic (exact) mass is 328 g/mol. The molecule has 0 radical (unpaired) electrons. The molecule has 0 aliphatic heterocycles. The second-order valence-electron chi connectivity index (χ2n) is 4.84. The zero-order chi connectivity index (χ0) is 15.6. The van der Waals surface area contributed by atoms with E-state index in [2.05, 4.69) is 4.98 Å². The summed E-state index contributed by atoms with van der Waals surface area (Å²) in [6.07, 6.45) is 2.21. The van der Waals surface area contributed by atoms with E-state index in [0.29, 0.717) is 5.75 Å². The molecule has 0 N–H and O–H groups in total. The molecule has 21 heavy (non-hydrogen) atoms. The SMILES string of the molecule is CC[C@@H](C)c1ccccc1OS(=O)(=O)c1ncn(C)c1Cl. The van der Waals surface area contributed by atoms with E-state index in [9.17, 15) is 8.42 Å². The molecule has 0 saturated carbocycles. The lowest BCUT2D eigenvalue weighted by molar-refractivity contribution is 0.476. The summed E-state index contributed by atoms with van der Waals surface area (Å²) in [7, 11) is -2.44. The lowest BCUT2D eigenvalue weighted by Gasteiger charge is -2.14. The average molecular weight is 329 g/mol. The van der Waals surface area contributed by atoms with Gasteiger partial charge in [0, 0.05) is 7.05 Å². The van der Waals surface area contributed by atoms with Gasteiger partial charge >= 0.3 is 10.1 Å². The Morgan fingerprint density at radius 2 is 2.05 bits per heavy atom. The quantitative estimate of drug-likeness (QED) is 0.790. The van der Waals surface area contributed by atoms with E-state index in [-0.39, 0.29) is 16.1 Å². The van der Waals surface area contributed by atoms with Gasteiger partial charge in [-0.3, -0.25) is 0 Å². The number of aromatic nitrogens is 2. The van der Waals surface area contributed by atoms with Gasteiger partial charge in [-0.1, -0.05) is 43.6 Å². The Morgan fingerprint density at radius 1 is 1.38 bits per heavy atom. The van der Waals surface area contributed by atoms with Gasteiger partial charge in [0.15, 0.2) is 5.15 Å². The summed E-state index contributed by atoms with van der Waals surface area (Å²) in [5, 5.41) is -0.248. The third kappa shape index (κ3) is 3.22. The van der Waals surface area contributed by atoms with E-state index in [1.165, 1.54) is 10.9 Å². The van der Waals surface area contributed by atoms with Crippen molar-refractivity contribution in [2.24, 2.45) is 7.05 Å². The molecule has 2 aromatic rings. The maximum Gasteiger partial charge on any atom is 0.360 e. The van der Waals surface area contributed by atoms with Crippen molar-refractivity contribution in [2.45, 2.75) is 31.2 Å². The first-order valence-electron chi connectivity index (χ1n) is 6.57. The third-order valence-corrected chi connectivity index (χ3v) is 5.06. The van der Waals surface area contributed by atoms with Gasteiger partial charge in [-0.25, -0.2) is 4.98 Å². The number of halogens is 1.